The number of hydrogen-bond donors (Lipinski definition) is 2. The lowest BCUT2D eigenvalue weighted by Crippen LogP contribution is -2.45. The van der Waals surface area contributed by atoms with E-state index in [-0.39, 0.29) is 22.9 Å². The van der Waals surface area contributed by atoms with Crippen molar-refractivity contribution in [1.82, 2.24) is 4.72 Å². The zero-order valence-electron chi connectivity index (χ0n) is 11.9. The normalized spacial score (nSPS) is 16.1. The molecule has 2 N–H and O–H groups in total. The first kappa shape index (κ1) is 16.6. The summed E-state index contributed by atoms with van der Waals surface area (Å²) in [5.41, 5.74) is -1.05. The minimum Gasteiger partial charge on any atom is -0.389 e. The minimum absolute atomic E-state index is 0.0450. The summed E-state index contributed by atoms with van der Waals surface area (Å²) in [5.74, 6) is -0.0450. The van der Waals surface area contributed by atoms with Crippen LogP contribution in [0.2, 0.25) is 0 Å². The van der Waals surface area contributed by atoms with Crippen molar-refractivity contribution in [1.29, 1.82) is 5.26 Å². The van der Waals surface area contributed by atoms with E-state index in [1.54, 1.807) is 19.1 Å². The van der Waals surface area contributed by atoms with Gasteiger partial charge in [0.1, 0.15) is 6.07 Å². The van der Waals surface area contributed by atoms with Gasteiger partial charge in [-0.1, -0.05) is 32.4 Å². The molecule has 1 aromatic carbocycles. The molecule has 1 rings (SSSR count). The number of hydrogen-bond acceptors (Lipinski definition) is 4. The Morgan fingerprint density at radius 2 is 2.05 bits per heavy atom. The van der Waals surface area contributed by atoms with Crippen LogP contribution in [-0.2, 0) is 10.0 Å². The number of aliphatic hydroxyl groups is 1. The maximum atomic E-state index is 12.2. The van der Waals surface area contributed by atoms with Gasteiger partial charge in [-0.25, -0.2) is 13.1 Å². The monoisotopic (exact) mass is 296 g/mol. The summed E-state index contributed by atoms with van der Waals surface area (Å²) >= 11 is 0. The topological polar surface area (TPSA) is 90.2 Å². The fourth-order valence-corrected chi connectivity index (χ4v) is 3.02. The minimum atomic E-state index is -3.81. The maximum absolute atomic E-state index is 12.2. The van der Waals surface area contributed by atoms with Crippen LogP contribution >= 0.6 is 0 Å². The van der Waals surface area contributed by atoms with E-state index in [1.165, 1.54) is 12.1 Å². The number of benzene rings is 1. The molecule has 0 bridgehead atoms. The van der Waals surface area contributed by atoms with Crippen molar-refractivity contribution < 1.29 is 13.5 Å². The highest BCUT2D eigenvalue weighted by atomic mass is 32.2. The molecule has 0 spiro atoms. The molecule has 1 aromatic rings. The van der Waals surface area contributed by atoms with E-state index in [2.05, 4.69) is 4.72 Å². The lowest BCUT2D eigenvalue weighted by molar-refractivity contribution is 0.0102. The Labute approximate surface area is 120 Å². The Bertz CT molecular complexity index is 603. The van der Waals surface area contributed by atoms with Gasteiger partial charge in [-0.15, -0.1) is 0 Å². The second-order valence-electron chi connectivity index (χ2n) is 5.10. The van der Waals surface area contributed by atoms with Crippen molar-refractivity contribution in [2.45, 2.75) is 37.7 Å². The molecule has 20 heavy (non-hydrogen) atoms. The second-order valence-corrected chi connectivity index (χ2v) is 6.83. The Kier molecular flexibility index (Phi) is 5.28. The number of nitrogens with one attached hydrogen (secondary N) is 1. The summed E-state index contributed by atoms with van der Waals surface area (Å²) in [6, 6.07) is 7.83. The van der Waals surface area contributed by atoms with Crippen LogP contribution in [0.5, 0.6) is 0 Å². The molecule has 0 aromatic heterocycles. The average Bonchev–Trinajstić information content (AvgIpc) is 2.44. The highest BCUT2D eigenvalue weighted by Crippen LogP contribution is 2.20. The molecule has 0 radical (unpaired) electrons. The lowest BCUT2D eigenvalue weighted by atomic mass is 9.89. The van der Waals surface area contributed by atoms with Crippen molar-refractivity contribution in [3.63, 3.8) is 0 Å². The third kappa shape index (κ3) is 3.79. The Morgan fingerprint density at radius 1 is 1.45 bits per heavy atom. The summed E-state index contributed by atoms with van der Waals surface area (Å²) in [7, 11) is -3.81. The van der Waals surface area contributed by atoms with Gasteiger partial charge in [0.2, 0.25) is 10.0 Å². The van der Waals surface area contributed by atoms with Gasteiger partial charge in [0.05, 0.1) is 16.1 Å². The molecule has 0 aliphatic heterocycles. The van der Waals surface area contributed by atoms with Crippen LogP contribution in [0.15, 0.2) is 29.2 Å². The van der Waals surface area contributed by atoms with Crippen molar-refractivity contribution in [3.8, 4) is 6.07 Å². The summed E-state index contributed by atoms with van der Waals surface area (Å²) in [4.78, 5) is -0.0672. The van der Waals surface area contributed by atoms with E-state index in [0.29, 0.717) is 0 Å². The third-order valence-corrected chi connectivity index (χ3v) is 5.05. The Balaban J connectivity index is 2.95. The van der Waals surface area contributed by atoms with E-state index in [1.807, 2.05) is 19.9 Å². The number of sulfonamides is 1. The van der Waals surface area contributed by atoms with Gasteiger partial charge >= 0.3 is 0 Å². The molecule has 2 atom stereocenters. The van der Waals surface area contributed by atoms with Crippen LogP contribution < -0.4 is 4.72 Å². The molecular formula is C14H20N2O3S. The molecule has 0 saturated carbocycles. The van der Waals surface area contributed by atoms with E-state index >= 15 is 0 Å². The first-order valence-electron chi connectivity index (χ1n) is 6.45. The smallest absolute Gasteiger partial charge is 0.241 e. The molecule has 2 unspecified atom stereocenters. The fourth-order valence-electron chi connectivity index (χ4n) is 1.73. The molecular weight excluding hydrogens is 276 g/mol. The predicted octanol–water partition coefficient (Wildman–Crippen LogP) is 1.63. The summed E-state index contributed by atoms with van der Waals surface area (Å²) in [6.45, 7) is 5.29. The van der Waals surface area contributed by atoms with Gasteiger partial charge < -0.3 is 5.11 Å². The van der Waals surface area contributed by atoms with E-state index in [9.17, 15) is 13.5 Å². The Hall–Kier alpha value is -1.42. The van der Waals surface area contributed by atoms with Gasteiger partial charge in [-0.3, -0.25) is 0 Å². The quantitative estimate of drug-likeness (QED) is 0.835. The van der Waals surface area contributed by atoms with Crippen LogP contribution in [0.3, 0.4) is 0 Å². The fraction of sp³-hybridized carbons (Fsp3) is 0.500. The first-order valence-corrected chi connectivity index (χ1v) is 7.94. The molecule has 0 heterocycles. The highest BCUT2D eigenvalue weighted by molar-refractivity contribution is 7.89. The molecule has 0 aliphatic rings. The average molecular weight is 296 g/mol. The molecule has 0 fully saturated rings. The van der Waals surface area contributed by atoms with E-state index < -0.39 is 15.6 Å². The molecule has 5 nitrogen and oxygen atoms in total. The van der Waals surface area contributed by atoms with Gasteiger partial charge in [-0.05, 0) is 25.0 Å². The number of nitrogens with zero attached hydrogens (tertiary/aromatic N) is 1. The van der Waals surface area contributed by atoms with E-state index in [4.69, 9.17) is 5.26 Å². The van der Waals surface area contributed by atoms with Crippen molar-refractivity contribution >= 4 is 10.0 Å². The van der Waals surface area contributed by atoms with Gasteiger partial charge in [0.15, 0.2) is 0 Å². The number of nitriles is 1. The standard InChI is InChI=1S/C14H20N2O3S/c1-4-11(2)14(3,17)10-16-20(18,19)13-8-6-5-7-12(13)9-15/h5-8,11,16-17H,4,10H2,1-3H3. The summed E-state index contributed by atoms with van der Waals surface area (Å²) in [5, 5.41) is 19.2. The van der Waals surface area contributed by atoms with Crippen molar-refractivity contribution in [2.75, 3.05) is 6.54 Å². The summed E-state index contributed by atoms with van der Waals surface area (Å²) < 4.78 is 26.8. The van der Waals surface area contributed by atoms with Gasteiger partial charge in [0.25, 0.3) is 0 Å². The van der Waals surface area contributed by atoms with Crippen LogP contribution in [0.1, 0.15) is 32.8 Å². The lowest BCUT2D eigenvalue weighted by Gasteiger charge is -2.29. The highest BCUT2D eigenvalue weighted by Gasteiger charge is 2.29. The van der Waals surface area contributed by atoms with E-state index in [0.717, 1.165) is 6.42 Å². The Morgan fingerprint density at radius 3 is 2.60 bits per heavy atom. The zero-order valence-corrected chi connectivity index (χ0v) is 12.7. The van der Waals surface area contributed by atoms with Gasteiger partial charge in [-0.2, -0.15) is 5.26 Å². The summed E-state index contributed by atoms with van der Waals surface area (Å²) in [6.07, 6.45) is 0.740. The zero-order chi connectivity index (χ0) is 15.4. The largest absolute Gasteiger partial charge is 0.389 e. The van der Waals surface area contributed by atoms with Crippen molar-refractivity contribution in [2.24, 2.45) is 5.92 Å². The molecule has 6 heteroatoms. The van der Waals surface area contributed by atoms with Crippen molar-refractivity contribution in [3.05, 3.63) is 29.8 Å². The molecule has 0 amide bonds. The van der Waals surface area contributed by atoms with Crippen LogP contribution in [-0.4, -0.2) is 25.7 Å². The third-order valence-electron chi connectivity index (χ3n) is 3.59. The van der Waals surface area contributed by atoms with Crippen LogP contribution in [0.25, 0.3) is 0 Å². The molecule has 0 aliphatic carbocycles. The molecule has 0 saturated heterocycles. The number of rotatable bonds is 6. The maximum Gasteiger partial charge on any atom is 0.241 e. The second kappa shape index (κ2) is 6.35. The van der Waals surface area contributed by atoms with Crippen LogP contribution in [0, 0.1) is 17.2 Å². The first-order chi connectivity index (χ1) is 9.24. The molecule has 110 valence electrons. The van der Waals surface area contributed by atoms with Crippen LogP contribution in [0.4, 0.5) is 0 Å². The SMILES string of the molecule is CCC(C)C(C)(O)CNS(=O)(=O)c1ccccc1C#N. The van der Waals surface area contributed by atoms with Gasteiger partial charge in [0, 0.05) is 6.54 Å². The predicted molar refractivity (Wildman–Crippen MR) is 76.4 cm³/mol.